The zero-order chi connectivity index (χ0) is 17.7. The maximum Gasteiger partial charge on any atom is 0.329 e. The number of nitrogens with zero attached hydrogens (tertiary/aromatic N) is 1. The molecular weight excluding hydrogens is 312 g/mol. The Morgan fingerprint density at radius 2 is 1.75 bits per heavy atom. The van der Waals surface area contributed by atoms with E-state index in [0.29, 0.717) is 24.2 Å². The monoisotopic (exact) mass is 334 g/mol. The van der Waals surface area contributed by atoms with Gasteiger partial charge in [0.25, 0.3) is 11.8 Å². The summed E-state index contributed by atoms with van der Waals surface area (Å²) in [5.41, 5.74) is 4.23. The summed E-state index contributed by atoms with van der Waals surface area (Å²) in [5, 5.41) is 9.66. The molecule has 0 bridgehead atoms. The molecule has 3 N–H and O–H groups in total. The maximum atomic E-state index is 12.7. The molecule has 7 heteroatoms. The lowest BCUT2D eigenvalue weighted by Crippen LogP contribution is -2.56. The van der Waals surface area contributed by atoms with E-state index in [9.17, 15) is 19.5 Å². The first-order valence-electron chi connectivity index (χ1n) is 7.89. The van der Waals surface area contributed by atoms with Gasteiger partial charge in [-0.3, -0.25) is 9.59 Å². The number of hydrogen-bond acceptors (Lipinski definition) is 4. The highest BCUT2D eigenvalue weighted by Crippen LogP contribution is 2.34. The highest BCUT2D eigenvalue weighted by Gasteiger charge is 2.45. The molecule has 0 unspecified atom stereocenters. The summed E-state index contributed by atoms with van der Waals surface area (Å²) >= 11 is 0. The Morgan fingerprint density at radius 1 is 1.17 bits per heavy atom. The van der Waals surface area contributed by atoms with Gasteiger partial charge in [0.05, 0.1) is 0 Å². The van der Waals surface area contributed by atoms with Crippen molar-refractivity contribution < 1.29 is 24.2 Å². The minimum absolute atomic E-state index is 0.241. The Hall–Kier alpha value is -2.57. The average Bonchev–Trinajstić information content (AvgIpc) is 2.59. The highest BCUT2D eigenvalue weighted by atomic mass is 16.5. The van der Waals surface area contributed by atoms with Crippen LogP contribution >= 0.6 is 0 Å². The molecule has 1 fully saturated rings. The van der Waals surface area contributed by atoms with Gasteiger partial charge in [0.15, 0.2) is 6.61 Å². The lowest BCUT2D eigenvalue weighted by molar-refractivity contribution is -0.151. The molecule has 2 amide bonds. The van der Waals surface area contributed by atoms with E-state index < -0.39 is 17.4 Å². The Morgan fingerprint density at radius 3 is 2.25 bits per heavy atom. The van der Waals surface area contributed by atoms with Crippen LogP contribution in [0, 0.1) is 0 Å². The van der Waals surface area contributed by atoms with Crippen molar-refractivity contribution >= 4 is 17.8 Å². The van der Waals surface area contributed by atoms with Crippen molar-refractivity contribution in [2.75, 3.05) is 13.7 Å². The minimum atomic E-state index is -1.14. The normalized spacial score (nSPS) is 16.2. The molecule has 0 spiro atoms. The first-order chi connectivity index (χ1) is 11.4. The molecule has 24 heavy (non-hydrogen) atoms. The summed E-state index contributed by atoms with van der Waals surface area (Å²) in [5.74, 6) is -1.48. The van der Waals surface area contributed by atoms with Crippen LogP contribution in [0.2, 0.25) is 0 Å². The van der Waals surface area contributed by atoms with E-state index in [4.69, 9.17) is 10.5 Å². The van der Waals surface area contributed by atoms with Gasteiger partial charge in [-0.2, -0.15) is 0 Å². The summed E-state index contributed by atoms with van der Waals surface area (Å²) in [6.07, 6.45) is 3.51. The number of likely N-dealkylation sites (N-methyl/N-ethyl adjacent to an activating group) is 1. The molecule has 0 saturated heterocycles. The van der Waals surface area contributed by atoms with E-state index in [1.54, 1.807) is 31.3 Å². The van der Waals surface area contributed by atoms with Crippen molar-refractivity contribution in [3.05, 3.63) is 29.8 Å². The van der Waals surface area contributed by atoms with Gasteiger partial charge in [-0.15, -0.1) is 0 Å². The molecule has 1 aromatic rings. The van der Waals surface area contributed by atoms with Gasteiger partial charge in [0.2, 0.25) is 0 Å². The van der Waals surface area contributed by atoms with Crippen LogP contribution in [0.3, 0.4) is 0 Å². The minimum Gasteiger partial charge on any atom is -0.484 e. The molecule has 1 aromatic carbocycles. The van der Waals surface area contributed by atoms with Crippen LogP contribution in [0.5, 0.6) is 5.75 Å². The molecule has 1 saturated carbocycles. The number of carboxylic acid groups (broad SMARTS) is 1. The fourth-order valence-corrected chi connectivity index (χ4v) is 3.07. The molecule has 0 heterocycles. The second-order valence-corrected chi connectivity index (χ2v) is 6.04. The van der Waals surface area contributed by atoms with Crippen LogP contribution in [-0.4, -0.2) is 47.0 Å². The van der Waals surface area contributed by atoms with Crippen LogP contribution in [0.1, 0.15) is 42.5 Å². The third-order valence-corrected chi connectivity index (χ3v) is 4.51. The molecule has 2 rings (SSSR count). The van der Waals surface area contributed by atoms with Crippen molar-refractivity contribution in [1.29, 1.82) is 0 Å². The fourth-order valence-electron chi connectivity index (χ4n) is 3.07. The van der Waals surface area contributed by atoms with Crippen molar-refractivity contribution in [3.8, 4) is 5.75 Å². The summed E-state index contributed by atoms with van der Waals surface area (Å²) in [7, 11) is 1.54. The number of ether oxygens (including phenoxy) is 1. The van der Waals surface area contributed by atoms with Crippen LogP contribution in [0.4, 0.5) is 0 Å². The van der Waals surface area contributed by atoms with E-state index in [-0.39, 0.29) is 12.5 Å². The largest absolute Gasteiger partial charge is 0.484 e. The van der Waals surface area contributed by atoms with Crippen LogP contribution in [-0.2, 0) is 9.59 Å². The van der Waals surface area contributed by atoms with E-state index in [0.717, 1.165) is 19.3 Å². The second-order valence-electron chi connectivity index (χ2n) is 6.04. The molecule has 0 radical (unpaired) electrons. The standard InChI is InChI=1S/C17H22N2O5/c1-19(17(16(22)23)9-3-2-4-10-17)15(21)12-5-7-13(8-6-12)24-11-14(18)20/h5-8H,2-4,9-11H2,1H3,(H2,18,20)(H,22,23). The van der Waals surface area contributed by atoms with Gasteiger partial charge in [-0.05, 0) is 37.1 Å². The van der Waals surface area contributed by atoms with Gasteiger partial charge in [-0.1, -0.05) is 19.3 Å². The Kier molecular flexibility index (Phi) is 5.43. The smallest absolute Gasteiger partial charge is 0.329 e. The molecule has 1 aliphatic rings. The maximum absolute atomic E-state index is 12.7. The molecular formula is C17H22N2O5. The lowest BCUT2D eigenvalue weighted by atomic mass is 9.80. The summed E-state index contributed by atoms with van der Waals surface area (Å²) < 4.78 is 5.14. The third-order valence-electron chi connectivity index (χ3n) is 4.51. The predicted octanol–water partition coefficient (Wildman–Crippen LogP) is 1.41. The van der Waals surface area contributed by atoms with Gasteiger partial charge in [-0.25, -0.2) is 4.79 Å². The second kappa shape index (κ2) is 7.33. The van der Waals surface area contributed by atoms with Crippen molar-refractivity contribution in [2.24, 2.45) is 5.73 Å². The number of rotatable bonds is 6. The summed E-state index contributed by atoms with van der Waals surface area (Å²) in [6.45, 7) is -0.241. The molecule has 1 aliphatic carbocycles. The first kappa shape index (κ1) is 17.8. The van der Waals surface area contributed by atoms with Crippen LogP contribution < -0.4 is 10.5 Å². The molecule has 0 aliphatic heterocycles. The summed E-state index contributed by atoms with van der Waals surface area (Å²) in [4.78, 5) is 36.5. The number of hydrogen-bond donors (Lipinski definition) is 2. The summed E-state index contributed by atoms with van der Waals surface area (Å²) in [6, 6.07) is 6.21. The zero-order valence-corrected chi connectivity index (χ0v) is 13.7. The van der Waals surface area contributed by atoms with Crippen molar-refractivity contribution in [3.63, 3.8) is 0 Å². The number of aliphatic carboxylic acids is 1. The highest BCUT2D eigenvalue weighted by molar-refractivity contribution is 5.97. The quantitative estimate of drug-likeness (QED) is 0.817. The van der Waals surface area contributed by atoms with E-state index in [1.165, 1.54) is 4.90 Å². The number of carbonyl (C=O) groups is 3. The number of nitrogens with two attached hydrogens (primary N) is 1. The average molecular weight is 334 g/mol. The van der Waals surface area contributed by atoms with Crippen LogP contribution in [0.25, 0.3) is 0 Å². The molecule has 130 valence electrons. The number of benzene rings is 1. The Labute approximate surface area is 140 Å². The molecule has 0 atom stereocenters. The van der Waals surface area contributed by atoms with Gasteiger partial charge >= 0.3 is 5.97 Å². The predicted molar refractivity (Wildman–Crippen MR) is 86.7 cm³/mol. The topological polar surface area (TPSA) is 110 Å². The van der Waals surface area contributed by atoms with E-state index in [1.807, 2.05) is 0 Å². The van der Waals surface area contributed by atoms with Gasteiger partial charge < -0.3 is 20.5 Å². The zero-order valence-electron chi connectivity index (χ0n) is 13.7. The number of carboxylic acids is 1. The lowest BCUT2D eigenvalue weighted by Gasteiger charge is -2.41. The molecule has 0 aromatic heterocycles. The van der Waals surface area contributed by atoms with E-state index in [2.05, 4.69) is 0 Å². The van der Waals surface area contributed by atoms with Gasteiger partial charge in [0, 0.05) is 12.6 Å². The SMILES string of the molecule is CN(C(=O)c1ccc(OCC(N)=O)cc1)C1(C(=O)O)CCCCC1. The number of carbonyl (C=O) groups excluding carboxylic acids is 2. The van der Waals surface area contributed by atoms with Gasteiger partial charge in [0.1, 0.15) is 11.3 Å². The molecule has 7 nitrogen and oxygen atoms in total. The van der Waals surface area contributed by atoms with E-state index >= 15 is 0 Å². The number of amides is 2. The Bertz CT molecular complexity index is 620. The Balaban J connectivity index is 2.14. The van der Waals surface area contributed by atoms with Crippen molar-refractivity contribution in [2.45, 2.75) is 37.6 Å². The third kappa shape index (κ3) is 3.67. The van der Waals surface area contributed by atoms with Crippen LogP contribution in [0.15, 0.2) is 24.3 Å². The van der Waals surface area contributed by atoms with Crippen molar-refractivity contribution in [1.82, 2.24) is 4.90 Å². The fraction of sp³-hybridized carbons (Fsp3) is 0.471. The first-order valence-corrected chi connectivity index (χ1v) is 7.89. The number of primary amides is 1.